The molecule has 3 heterocycles. The maximum Gasteiger partial charge on any atom is 0.303 e. The summed E-state index contributed by atoms with van der Waals surface area (Å²) in [6, 6.07) is 0. The lowest BCUT2D eigenvalue weighted by molar-refractivity contribution is -0.138. The highest BCUT2D eigenvalue weighted by molar-refractivity contribution is 7.15. The number of aromatic nitrogens is 2. The number of likely N-dealkylation sites (tertiary alicyclic amines) is 1. The van der Waals surface area contributed by atoms with Crippen LogP contribution in [0.25, 0.3) is 4.96 Å². The van der Waals surface area contributed by atoms with E-state index in [0.717, 1.165) is 17.1 Å². The first-order valence-electron chi connectivity index (χ1n) is 6.52. The molecule has 0 bridgehead atoms. The number of aliphatic carboxylic acids is 1. The van der Waals surface area contributed by atoms with Gasteiger partial charge in [-0.3, -0.25) is 14.0 Å². The van der Waals surface area contributed by atoms with Crippen molar-refractivity contribution in [1.82, 2.24) is 14.3 Å². The third kappa shape index (κ3) is 2.67. The monoisotopic (exact) mass is 293 g/mol. The van der Waals surface area contributed by atoms with Crippen molar-refractivity contribution in [3.05, 3.63) is 23.5 Å². The lowest BCUT2D eigenvalue weighted by Gasteiger charge is -2.15. The molecule has 1 aliphatic rings. The molecule has 0 saturated carbocycles. The zero-order chi connectivity index (χ0) is 14.1. The minimum atomic E-state index is -0.793. The molecule has 2 aromatic rings. The molecule has 1 unspecified atom stereocenters. The molecule has 0 aliphatic carbocycles. The van der Waals surface area contributed by atoms with Gasteiger partial charge in [-0.25, -0.2) is 4.98 Å². The Labute approximate surface area is 119 Å². The number of carbonyl (C=O) groups excluding carboxylic acids is 1. The van der Waals surface area contributed by atoms with Gasteiger partial charge in [-0.1, -0.05) is 0 Å². The van der Waals surface area contributed by atoms with Gasteiger partial charge in [0.05, 0.1) is 12.1 Å². The van der Waals surface area contributed by atoms with Gasteiger partial charge in [0.2, 0.25) is 5.91 Å². The van der Waals surface area contributed by atoms with Crippen molar-refractivity contribution < 1.29 is 14.7 Å². The van der Waals surface area contributed by atoms with Crippen molar-refractivity contribution in [3.63, 3.8) is 0 Å². The van der Waals surface area contributed by atoms with Gasteiger partial charge < -0.3 is 10.0 Å². The molecule has 1 atom stereocenters. The Bertz CT molecular complexity index is 620. The Morgan fingerprint density at radius 1 is 1.50 bits per heavy atom. The van der Waals surface area contributed by atoms with E-state index < -0.39 is 5.97 Å². The van der Waals surface area contributed by atoms with E-state index in [1.165, 1.54) is 11.3 Å². The second-order valence-electron chi connectivity index (χ2n) is 5.09. The van der Waals surface area contributed by atoms with Crippen molar-refractivity contribution in [3.8, 4) is 0 Å². The highest BCUT2D eigenvalue weighted by Crippen LogP contribution is 2.20. The topological polar surface area (TPSA) is 74.9 Å². The van der Waals surface area contributed by atoms with Crippen molar-refractivity contribution in [2.45, 2.75) is 19.3 Å². The van der Waals surface area contributed by atoms with Crippen LogP contribution in [0.5, 0.6) is 0 Å². The molecule has 0 aromatic carbocycles. The number of amides is 1. The Morgan fingerprint density at radius 2 is 2.35 bits per heavy atom. The number of hydrogen-bond acceptors (Lipinski definition) is 4. The quantitative estimate of drug-likeness (QED) is 0.921. The summed E-state index contributed by atoms with van der Waals surface area (Å²) < 4.78 is 1.91. The molecule has 1 fully saturated rings. The number of thiazole rings is 1. The second-order valence-corrected chi connectivity index (χ2v) is 5.97. The first kappa shape index (κ1) is 13.1. The molecule has 1 amide bonds. The highest BCUT2D eigenvalue weighted by Gasteiger charge is 2.27. The van der Waals surface area contributed by atoms with E-state index in [0.29, 0.717) is 13.1 Å². The standard InChI is InChI=1S/C13H15N3O3S/c17-11(15-2-1-9(7-15)5-12(18)19)6-10-8-16-3-4-20-13(16)14-10/h3-4,8-9H,1-2,5-7H2,(H,18,19). The molecule has 2 aromatic heterocycles. The zero-order valence-electron chi connectivity index (χ0n) is 10.9. The van der Waals surface area contributed by atoms with Gasteiger partial charge in [-0.05, 0) is 12.3 Å². The minimum Gasteiger partial charge on any atom is -0.481 e. The van der Waals surface area contributed by atoms with Crippen LogP contribution in [0.15, 0.2) is 17.8 Å². The molecular weight excluding hydrogens is 278 g/mol. The van der Waals surface area contributed by atoms with Gasteiger partial charge in [-0.2, -0.15) is 0 Å². The minimum absolute atomic E-state index is 0.0311. The second kappa shape index (κ2) is 5.24. The number of imidazole rings is 1. The summed E-state index contributed by atoms with van der Waals surface area (Å²) in [5.41, 5.74) is 0.767. The van der Waals surface area contributed by atoms with Crippen LogP contribution in [-0.2, 0) is 16.0 Å². The van der Waals surface area contributed by atoms with Crippen LogP contribution in [0.2, 0.25) is 0 Å². The average molecular weight is 293 g/mol. The SMILES string of the molecule is O=C(O)CC1CCN(C(=O)Cc2cn3ccsc3n2)C1. The highest BCUT2D eigenvalue weighted by atomic mass is 32.1. The number of carbonyl (C=O) groups is 2. The van der Waals surface area contributed by atoms with E-state index >= 15 is 0 Å². The number of hydrogen-bond donors (Lipinski definition) is 1. The molecule has 1 N–H and O–H groups in total. The third-order valence-corrected chi connectivity index (χ3v) is 4.35. The lowest BCUT2D eigenvalue weighted by Crippen LogP contribution is -2.30. The summed E-state index contributed by atoms with van der Waals surface area (Å²) >= 11 is 1.54. The van der Waals surface area contributed by atoms with Gasteiger partial charge in [-0.15, -0.1) is 11.3 Å². The maximum absolute atomic E-state index is 12.2. The van der Waals surface area contributed by atoms with Gasteiger partial charge in [0, 0.05) is 37.3 Å². The fourth-order valence-corrected chi connectivity index (χ4v) is 3.32. The summed E-state index contributed by atoms with van der Waals surface area (Å²) in [5.74, 6) is -0.677. The van der Waals surface area contributed by atoms with Crippen LogP contribution in [0.4, 0.5) is 0 Å². The van der Waals surface area contributed by atoms with E-state index in [1.54, 1.807) is 4.90 Å². The molecule has 0 radical (unpaired) electrons. The molecule has 0 spiro atoms. The van der Waals surface area contributed by atoms with Crippen molar-refractivity contribution in [1.29, 1.82) is 0 Å². The van der Waals surface area contributed by atoms with E-state index in [1.807, 2.05) is 22.2 Å². The summed E-state index contributed by atoms with van der Waals surface area (Å²) in [5, 5.41) is 10.7. The average Bonchev–Trinajstić information content (AvgIpc) is 3.02. The molecule has 106 valence electrons. The Hall–Kier alpha value is -1.89. The Morgan fingerprint density at radius 3 is 3.10 bits per heavy atom. The van der Waals surface area contributed by atoms with Crippen LogP contribution < -0.4 is 0 Å². The molecular formula is C13H15N3O3S. The predicted octanol–water partition coefficient (Wildman–Crippen LogP) is 1.26. The van der Waals surface area contributed by atoms with Gasteiger partial charge in [0.1, 0.15) is 0 Å². The van der Waals surface area contributed by atoms with Crippen LogP contribution in [0, 0.1) is 5.92 Å². The van der Waals surface area contributed by atoms with Crippen LogP contribution >= 0.6 is 11.3 Å². The number of rotatable bonds is 4. The number of nitrogens with zero attached hydrogens (tertiary/aromatic N) is 3. The summed E-state index contributed by atoms with van der Waals surface area (Å²) in [6.45, 7) is 1.20. The van der Waals surface area contributed by atoms with E-state index in [4.69, 9.17) is 5.11 Å². The molecule has 1 saturated heterocycles. The fraction of sp³-hybridized carbons (Fsp3) is 0.462. The number of carboxylic acid groups (broad SMARTS) is 1. The lowest BCUT2D eigenvalue weighted by atomic mass is 10.1. The molecule has 7 heteroatoms. The summed E-state index contributed by atoms with van der Waals surface area (Å²) in [4.78, 5) is 29.9. The molecule has 3 rings (SSSR count). The molecule has 6 nitrogen and oxygen atoms in total. The zero-order valence-corrected chi connectivity index (χ0v) is 11.7. The maximum atomic E-state index is 12.2. The molecule has 1 aliphatic heterocycles. The predicted molar refractivity (Wildman–Crippen MR) is 73.7 cm³/mol. The summed E-state index contributed by atoms with van der Waals surface area (Å²) in [7, 11) is 0. The number of fused-ring (bicyclic) bond motifs is 1. The fourth-order valence-electron chi connectivity index (χ4n) is 2.60. The van der Waals surface area contributed by atoms with Gasteiger partial charge in [0.15, 0.2) is 4.96 Å². The van der Waals surface area contributed by atoms with E-state index in [2.05, 4.69) is 4.98 Å². The van der Waals surface area contributed by atoms with E-state index in [9.17, 15) is 9.59 Å². The van der Waals surface area contributed by atoms with Crippen molar-refractivity contribution in [2.24, 2.45) is 5.92 Å². The normalized spacial score (nSPS) is 18.8. The number of carboxylic acids is 1. The van der Waals surface area contributed by atoms with Crippen LogP contribution in [0.3, 0.4) is 0 Å². The Balaban J connectivity index is 1.59. The van der Waals surface area contributed by atoms with Crippen molar-refractivity contribution >= 4 is 28.2 Å². The first-order chi connectivity index (χ1) is 9.61. The van der Waals surface area contributed by atoms with Crippen LogP contribution in [0.1, 0.15) is 18.5 Å². The van der Waals surface area contributed by atoms with Gasteiger partial charge >= 0.3 is 5.97 Å². The largest absolute Gasteiger partial charge is 0.481 e. The first-order valence-corrected chi connectivity index (χ1v) is 7.40. The van der Waals surface area contributed by atoms with E-state index in [-0.39, 0.29) is 24.7 Å². The smallest absolute Gasteiger partial charge is 0.303 e. The molecule has 20 heavy (non-hydrogen) atoms. The van der Waals surface area contributed by atoms with Gasteiger partial charge in [0.25, 0.3) is 0 Å². The van der Waals surface area contributed by atoms with Crippen molar-refractivity contribution in [2.75, 3.05) is 13.1 Å². The summed E-state index contributed by atoms with van der Waals surface area (Å²) in [6.07, 6.45) is 4.99. The van der Waals surface area contributed by atoms with Crippen LogP contribution in [-0.4, -0.2) is 44.4 Å². The third-order valence-electron chi connectivity index (χ3n) is 3.58. The Kier molecular flexibility index (Phi) is 3.43.